The van der Waals surface area contributed by atoms with E-state index in [1.165, 1.54) is 6.20 Å². The fourth-order valence-corrected chi connectivity index (χ4v) is 3.42. The van der Waals surface area contributed by atoms with Crippen molar-refractivity contribution in [2.75, 3.05) is 56.8 Å². The Hall–Kier alpha value is -3.12. The minimum atomic E-state index is -3.28. The highest BCUT2D eigenvalue weighted by molar-refractivity contribution is 7.89. The summed E-state index contributed by atoms with van der Waals surface area (Å²) in [5, 5.41) is 6.10. The minimum Gasteiger partial charge on any atom is -0.493 e. The number of sulfonamides is 1. The van der Waals surface area contributed by atoms with E-state index in [4.69, 9.17) is 14.2 Å². The second-order valence-corrected chi connectivity index (χ2v) is 8.86. The summed E-state index contributed by atoms with van der Waals surface area (Å²) >= 11 is 0. The van der Waals surface area contributed by atoms with Gasteiger partial charge in [-0.05, 0) is 38.0 Å². The maximum Gasteiger partial charge on any atom is 0.343 e. The molecule has 3 N–H and O–H groups in total. The summed E-state index contributed by atoms with van der Waals surface area (Å²) in [5.41, 5.74) is 1.22. The Labute approximate surface area is 194 Å². The maximum absolute atomic E-state index is 12.3. The molecule has 0 saturated heterocycles. The third kappa shape index (κ3) is 8.06. The number of nitrogens with zero attached hydrogens (tertiary/aromatic N) is 2. The number of ether oxygens (including phenoxy) is 3. The summed E-state index contributed by atoms with van der Waals surface area (Å²) in [4.78, 5) is 20.8. The molecule has 0 bridgehead atoms. The molecule has 12 heteroatoms. The van der Waals surface area contributed by atoms with Crippen molar-refractivity contribution in [1.82, 2.24) is 14.7 Å². The molecule has 0 fully saturated rings. The van der Waals surface area contributed by atoms with Crippen molar-refractivity contribution < 1.29 is 27.4 Å². The predicted octanol–water partition coefficient (Wildman–Crippen LogP) is 1.68. The third-order valence-corrected chi connectivity index (χ3v) is 5.95. The third-order valence-electron chi connectivity index (χ3n) is 4.55. The van der Waals surface area contributed by atoms with Crippen LogP contribution < -0.4 is 24.8 Å². The van der Waals surface area contributed by atoms with E-state index in [0.717, 1.165) is 5.56 Å². The molecule has 0 amide bonds. The summed E-state index contributed by atoms with van der Waals surface area (Å²) in [6.45, 7) is 4.45. The van der Waals surface area contributed by atoms with E-state index in [-0.39, 0.29) is 37.0 Å². The number of aromatic nitrogens is 2. The second kappa shape index (κ2) is 12.8. The molecule has 0 aliphatic rings. The second-order valence-electron chi connectivity index (χ2n) is 6.77. The quantitative estimate of drug-likeness (QED) is 0.269. The van der Waals surface area contributed by atoms with Crippen LogP contribution in [0.25, 0.3) is 0 Å². The van der Waals surface area contributed by atoms with Gasteiger partial charge in [0.1, 0.15) is 11.4 Å². The van der Waals surface area contributed by atoms with Gasteiger partial charge in [-0.15, -0.1) is 0 Å². The number of carbonyl (C=O) groups is 1. The molecule has 0 aliphatic carbocycles. The molecule has 33 heavy (non-hydrogen) atoms. The number of hydrogen-bond donors (Lipinski definition) is 3. The van der Waals surface area contributed by atoms with Gasteiger partial charge in [0.25, 0.3) is 0 Å². The van der Waals surface area contributed by atoms with Crippen molar-refractivity contribution in [3.05, 3.63) is 35.5 Å². The molecule has 0 saturated carbocycles. The van der Waals surface area contributed by atoms with Crippen LogP contribution in [0.2, 0.25) is 0 Å². The van der Waals surface area contributed by atoms with E-state index in [1.807, 2.05) is 18.2 Å². The zero-order chi connectivity index (χ0) is 24.3. The molecule has 2 rings (SSSR count). The van der Waals surface area contributed by atoms with Crippen LogP contribution >= 0.6 is 0 Å². The standard InChI is InChI=1S/C21H31N5O6S/c1-5-32-20(27)16-14-24-21(23-11-12-25-33(28,29)6-2)26-19(16)22-10-9-15-7-8-17(30-3)18(13-15)31-4/h7-8,13-14,25H,5-6,9-12H2,1-4H3,(H2,22,23,24,26). The topological polar surface area (TPSA) is 141 Å². The van der Waals surface area contributed by atoms with Gasteiger partial charge in [-0.25, -0.2) is 22.9 Å². The van der Waals surface area contributed by atoms with E-state index < -0.39 is 16.0 Å². The largest absolute Gasteiger partial charge is 0.493 e. The van der Waals surface area contributed by atoms with Crippen molar-refractivity contribution in [3.8, 4) is 11.5 Å². The molecule has 0 aliphatic heterocycles. The molecule has 0 radical (unpaired) electrons. The fourth-order valence-electron chi connectivity index (χ4n) is 2.80. The molecule has 1 aromatic carbocycles. The molecule has 1 aromatic heterocycles. The van der Waals surface area contributed by atoms with Gasteiger partial charge in [0, 0.05) is 25.8 Å². The first-order valence-corrected chi connectivity index (χ1v) is 12.2. The van der Waals surface area contributed by atoms with Crippen LogP contribution in [-0.4, -0.2) is 70.6 Å². The predicted molar refractivity (Wildman–Crippen MR) is 126 cm³/mol. The Bertz CT molecular complexity index is 1030. The van der Waals surface area contributed by atoms with Crippen molar-refractivity contribution >= 4 is 27.8 Å². The highest BCUT2D eigenvalue weighted by Crippen LogP contribution is 2.27. The zero-order valence-corrected chi connectivity index (χ0v) is 20.1. The van der Waals surface area contributed by atoms with Gasteiger partial charge in [0.15, 0.2) is 11.5 Å². The van der Waals surface area contributed by atoms with E-state index >= 15 is 0 Å². The Balaban J connectivity index is 2.07. The van der Waals surface area contributed by atoms with Gasteiger partial charge in [-0.1, -0.05) is 6.07 Å². The van der Waals surface area contributed by atoms with Crippen molar-refractivity contribution in [2.24, 2.45) is 0 Å². The van der Waals surface area contributed by atoms with Crippen LogP contribution in [0.1, 0.15) is 29.8 Å². The summed E-state index contributed by atoms with van der Waals surface area (Å²) in [7, 11) is -0.119. The van der Waals surface area contributed by atoms with E-state index in [1.54, 1.807) is 28.1 Å². The Morgan fingerprint density at radius 2 is 1.79 bits per heavy atom. The van der Waals surface area contributed by atoms with Crippen LogP contribution in [0.4, 0.5) is 11.8 Å². The van der Waals surface area contributed by atoms with Gasteiger partial charge >= 0.3 is 5.97 Å². The van der Waals surface area contributed by atoms with E-state index in [2.05, 4.69) is 25.3 Å². The first kappa shape index (κ1) is 26.1. The zero-order valence-electron chi connectivity index (χ0n) is 19.3. The normalized spacial score (nSPS) is 11.0. The lowest BCUT2D eigenvalue weighted by atomic mass is 10.1. The monoisotopic (exact) mass is 481 g/mol. The Kier molecular flexibility index (Phi) is 10.1. The Morgan fingerprint density at radius 3 is 2.45 bits per heavy atom. The van der Waals surface area contributed by atoms with Crippen molar-refractivity contribution in [3.63, 3.8) is 0 Å². The number of rotatable bonds is 14. The fraction of sp³-hybridized carbons (Fsp3) is 0.476. The van der Waals surface area contributed by atoms with Gasteiger partial charge in [0.05, 0.1) is 26.6 Å². The van der Waals surface area contributed by atoms with Crippen LogP contribution in [-0.2, 0) is 21.2 Å². The molecular weight excluding hydrogens is 450 g/mol. The number of hydrogen-bond acceptors (Lipinski definition) is 10. The van der Waals surface area contributed by atoms with Crippen molar-refractivity contribution in [1.29, 1.82) is 0 Å². The molecule has 0 spiro atoms. The number of methoxy groups -OCH3 is 2. The molecule has 182 valence electrons. The minimum absolute atomic E-state index is 0.00583. The molecular formula is C21H31N5O6S. The molecule has 1 heterocycles. The van der Waals surface area contributed by atoms with E-state index in [9.17, 15) is 13.2 Å². The van der Waals surface area contributed by atoms with Crippen LogP contribution in [0.15, 0.2) is 24.4 Å². The lowest BCUT2D eigenvalue weighted by Crippen LogP contribution is -2.30. The van der Waals surface area contributed by atoms with Gasteiger partial charge < -0.3 is 24.8 Å². The molecule has 2 aromatic rings. The first-order chi connectivity index (χ1) is 15.8. The Morgan fingerprint density at radius 1 is 1.03 bits per heavy atom. The van der Waals surface area contributed by atoms with E-state index in [0.29, 0.717) is 30.3 Å². The molecule has 11 nitrogen and oxygen atoms in total. The smallest absolute Gasteiger partial charge is 0.343 e. The van der Waals surface area contributed by atoms with Crippen molar-refractivity contribution in [2.45, 2.75) is 20.3 Å². The average molecular weight is 482 g/mol. The van der Waals surface area contributed by atoms with Gasteiger partial charge in [0.2, 0.25) is 16.0 Å². The lowest BCUT2D eigenvalue weighted by molar-refractivity contribution is 0.0526. The first-order valence-electron chi connectivity index (χ1n) is 10.5. The number of anilines is 2. The van der Waals surface area contributed by atoms with Crippen LogP contribution in [0.5, 0.6) is 11.5 Å². The summed E-state index contributed by atoms with van der Waals surface area (Å²) < 4.78 is 41.2. The highest BCUT2D eigenvalue weighted by atomic mass is 32.2. The summed E-state index contributed by atoms with van der Waals surface area (Å²) in [6.07, 6.45) is 2.01. The van der Waals surface area contributed by atoms with Gasteiger partial charge in [-0.2, -0.15) is 4.98 Å². The number of benzene rings is 1. The lowest BCUT2D eigenvalue weighted by Gasteiger charge is -2.13. The molecule has 0 atom stereocenters. The average Bonchev–Trinajstić information content (AvgIpc) is 2.82. The SMILES string of the molecule is CCOC(=O)c1cnc(NCCNS(=O)(=O)CC)nc1NCCc1ccc(OC)c(OC)c1. The van der Waals surface area contributed by atoms with Gasteiger partial charge in [-0.3, -0.25) is 0 Å². The van der Waals surface area contributed by atoms with Crippen LogP contribution in [0, 0.1) is 0 Å². The maximum atomic E-state index is 12.3. The number of carbonyl (C=O) groups excluding carboxylic acids is 1. The molecule has 0 unspecified atom stereocenters. The van der Waals surface area contributed by atoms with Crippen LogP contribution in [0.3, 0.4) is 0 Å². The summed E-state index contributed by atoms with van der Waals surface area (Å²) in [5.74, 6) is 1.33. The highest BCUT2D eigenvalue weighted by Gasteiger charge is 2.16. The number of nitrogens with one attached hydrogen (secondary N) is 3. The number of esters is 1. The summed E-state index contributed by atoms with van der Waals surface area (Å²) in [6, 6.07) is 5.65.